The zero-order valence-corrected chi connectivity index (χ0v) is 12.9. The SMILES string of the molecule is CN1CC(Cl)C/N=C(/C2CCCCC2)c2ccccc21. The van der Waals surface area contributed by atoms with Gasteiger partial charge in [0, 0.05) is 36.5 Å². The highest BCUT2D eigenvalue weighted by Gasteiger charge is 2.25. The molecule has 0 spiro atoms. The number of fused-ring (bicyclic) bond motifs is 1. The molecule has 1 aliphatic heterocycles. The van der Waals surface area contributed by atoms with E-state index in [9.17, 15) is 0 Å². The highest BCUT2D eigenvalue weighted by molar-refractivity contribution is 6.21. The van der Waals surface area contributed by atoms with Gasteiger partial charge < -0.3 is 4.90 Å². The van der Waals surface area contributed by atoms with E-state index < -0.39 is 0 Å². The van der Waals surface area contributed by atoms with E-state index in [2.05, 4.69) is 36.2 Å². The van der Waals surface area contributed by atoms with E-state index in [1.807, 2.05) is 0 Å². The average Bonchev–Trinajstić information content (AvgIpc) is 2.47. The van der Waals surface area contributed by atoms with E-state index >= 15 is 0 Å². The second kappa shape index (κ2) is 6.17. The number of para-hydroxylation sites is 1. The van der Waals surface area contributed by atoms with E-state index in [1.54, 1.807) is 0 Å². The van der Waals surface area contributed by atoms with E-state index in [4.69, 9.17) is 16.6 Å². The highest BCUT2D eigenvalue weighted by atomic mass is 35.5. The summed E-state index contributed by atoms with van der Waals surface area (Å²) in [5, 5.41) is 0.104. The molecule has 1 heterocycles. The third kappa shape index (κ3) is 2.85. The lowest BCUT2D eigenvalue weighted by molar-refractivity contribution is 0.439. The summed E-state index contributed by atoms with van der Waals surface area (Å²) in [5.41, 5.74) is 3.91. The lowest BCUT2D eigenvalue weighted by Crippen LogP contribution is -2.33. The number of anilines is 1. The lowest BCUT2D eigenvalue weighted by Gasteiger charge is -2.31. The Morgan fingerprint density at radius 2 is 1.90 bits per heavy atom. The van der Waals surface area contributed by atoms with Gasteiger partial charge in [-0.1, -0.05) is 37.5 Å². The minimum Gasteiger partial charge on any atom is -0.373 e. The fourth-order valence-corrected chi connectivity index (χ4v) is 3.76. The molecule has 0 amide bonds. The van der Waals surface area contributed by atoms with Gasteiger partial charge in [-0.2, -0.15) is 0 Å². The second-order valence-corrected chi connectivity index (χ2v) is 6.67. The van der Waals surface area contributed by atoms with Crippen LogP contribution in [0.15, 0.2) is 29.3 Å². The molecule has 0 N–H and O–H groups in total. The van der Waals surface area contributed by atoms with Gasteiger partial charge in [0.1, 0.15) is 0 Å². The van der Waals surface area contributed by atoms with Crippen molar-refractivity contribution in [1.82, 2.24) is 0 Å². The van der Waals surface area contributed by atoms with Gasteiger partial charge in [-0.3, -0.25) is 4.99 Å². The fraction of sp³-hybridized carbons (Fsp3) is 0.588. The molecule has 3 rings (SSSR count). The summed E-state index contributed by atoms with van der Waals surface area (Å²) < 4.78 is 0. The van der Waals surface area contributed by atoms with Crippen molar-refractivity contribution in [2.24, 2.45) is 10.9 Å². The lowest BCUT2D eigenvalue weighted by atomic mass is 9.82. The number of rotatable bonds is 1. The van der Waals surface area contributed by atoms with Crippen molar-refractivity contribution in [2.45, 2.75) is 37.5 Å². The quantitative estimate of drug-likeness (QED) is 0.711. The van der Waals surface area contributed by atoms with Crippen LogP contribution in [0.5, 0.6) is 0 Å². The van der Waals surface area contributed by atoms with Crippen molar-refractivity contribution in [3.63, 3.8) is 0 Å². The summed E-state index contributed by atoms with van der Waals surface area (Å²) >= 11 is 6.41. The summed E-state index contributed by atoms with van der Waals surface area (Å²) in [6.45, 7) is 1.60. The maximum absolute atomic E-state index is 6.41. The number of aliphatic imine (C=N–C) groups is 1. The summed E-state index contributed by atoms with van der Waals surface area (Å²) in [5.74, 6) is 0.625. The van der Waals surface area contributed by atoms with Crippen LogP contribution in [0.3, 0.4) is 0 Å². The van der Waals surface area contributed by atoms with Crippen LogP contribution < -0.4 is 4.90 Å². The molecule has 1 aliphatic carbocycles. The van der Waals surface area contributed by atoms with Crippen molar-refractivity contribution in [3.05, 3.63) is 29.8 Å². The Hall–Kier alpha value is -1.02. The normalized spacial score (nSPS) is 27.2. The van der Waals surface area contributed by atoms with Crippen molar-refractivity contribution < 1.29 is 0 Å². The summed E-state index contributed by atoms with van der Waals surface area (Å²) in [6.07, 6.45) is 6.62. The third-order valence-corrected chi connectivity index (χ3v) is 4.79. The van der Waals surface area contributed by atoms with Gasteiger partial charge in [0.25, 0.3) is 0 Å². The van der Waals surface area contributed by atoms with Crippen LogP contribution in [-0.2, 0) is 0 Å². The number of hydrogen-bond acceptors (Lipinski definition) is 2. The molecule has 108 valence electrons. The molecule has 1 saturated carbocycles. The van der Waals surface area contributed by atoms with E-state index in [0.717, 1.165) is 13.1 Å². The summed E-state index contributed by atoms with van der Waals surface area (Å²) in [4.78, 5) is 7.20. The first-order valence-corrected chi connectivity index (χ1v) is 8.18. The molecule has 1 unspecified atom stereocenters. The van der Waals surface area contributed by atoms with Gasteiger partial charge in [-0.25, -0.2) is 0 Å². The summed E-state index contributed by atoms with van der Waals surface area (Å²) in [7, 11) is 2.14. The minimum atomic E-state index is 0.104. The van der Waals surface area contributed by atoms with Crippen LogP contribution >= 0.6 is 11.6 Å². The molecule has 0 saturated heterocycles. The maximum Gasteiger partial charge on any atom is 0.0706 e. The van der Waals surface area contributed by atoms with Crippen LogP contribution in [0, 0.1) is 5.92 Å². The standard InChI is InChI=1S/C17H23ClN2/c1-20-12-14(18)11-19-17(13-7-3-2-4-8-13)15-9-5-6-10-16(15)20/h5-6,9-10,13-14H,2-4,7-8,11-12H2,1H3/b19-17-. The molecule has 1 fully saturated rings. The van der Waals surface area contributed by atoms with Crippen molar-refractivity contribution in [1.29, 1.82) is 0 Å². The first-order valence-electron chi connectivity index (χ1n) is 7.74. The highest BCUT2D eigenvalue weighted by Crippen LogP contribution is 2.32. The first kappa shape index (κ1) is 13.9. The Kier molecular flexibility index (Phi) is 4.30. The maximum atomic E-state index is 6.41. The second-order valence-electron chi connectivity index (χ2n) is 6.06. The molecular formula is C17H23ClN2. The van der Waals surface area contributed by atoms with Crippen LogP contribution in [0.1, 0.15) is 37.7 Å². The molecule has 0 bridgehead atoms. The monoisotopic (exact) mass is 290 g/mol. The zero-order chi connectivity index (χ0) is 13.9. The molecule has 3 heteroatoms. The van der Waals surface area contributed by atoms with E-state index in [-0.39, 0.29) is 5.38 Å². The van der Waals surface area contributed by atoms with Crippen molar-refractivity contribution in [2.75, 3.05) is 25.0 Å². The molecule has 1 aromatic rings. The van der Waals surface area contributed by atoms with Gasteiger partial charge in [-0.05, 0) is 18.9 Å². The molecule has 2 aliphatic rings. The zero-order valence-electron chi connectivity index (χ0n) is 12.2. The average molecular weight is 291 g/mol. The van der Waals surface area contributed by atoms with Gasteiger partial charge >= 0.3 is 0 Å². The fourth-order valence-electron chi connectivity index (χ4n) is 3.48. The van der Waals surface area contributed by atoms with Crippen LogP contribution in [0.25, 0.3) is 0 Å². The number of alkyl halides is 1. The van der Waals surface area contributed by atoms with Crippen molar-refractivity contribution in [3.8, 4) is 0 Å². The first-order chi connectivity index (χ1) is 9.75. The Morgan fingerprint density at radius 1 is 1.15 bits per heavy atom. The Morgan fingerprint density at radius 3 is 2.70 bits per heavy atom. The van der Waals surface area contributed by atoms with E-state index in [0.29, 0.717) is 5.92 Å². The Bertz CT molecular complexity index is 492. The van der Waals surface area contributed by atoms with Crippen molar-refractivity contribution >= 4 is 23.0 Å². The van der Waals surface area contributed by atoms with Gasteiger partial charge in [0.15, 0.2) is 0 Å². The number of nitrogens with zero attached hydrogens (tertiary/aromatic N) is 2. The predicted octanol–water partition coefficient (Wildman–Crippen LogP) is 4.11. The molecule has 1 atom stereocenters. The number of benzene rings is 1. The number of halogens is 1. The van der Waals surface area contributed by atoms with E-state index in [1.165, 1.54) is 49.1 Å². The summed E-state index contributed by atoms with van der Waals surface area (Å²) in [6, 6.07) is 8.67. The topological polar surface area (TPSA) is 15.6 Å². The van der Waals surface area contributed by atoms with Gasteiger partial charge in [-0.15, -0.1) is 11.6 Å². The smallest absolute Gasteiger partial charge is 0.0706 e. The molecule has 2 nitrogen and oxygen atoms in total. The molecular weight excluding hydrogens is 268 g/mol. The number of hydrogen-bond donors (Lipinski definition) is 0. The largest absolute Gasteiger partial charge is 0.373 e. The van der Waals surface area contributed by atoms with Crippen LogP contribution in [0.2, 0.25) is 0 Å². The third-order valence-electron chi connectivity index (χ3n) is 4.51. The minimum absolute atomic E-state index is 0.104. The molecule has 0 aromatic heterocycles. The van der Waals surface area contributed by atoms with Crippen LogP contribution in [0.4, 0.5) is 5.69 Å². The molecule has 1 aromatic carbocycles. The van der Waals surface area contributed by atoms with Gasteiger partial charge in [0.2, 0.25) is 0 Å². The predicted molar refractivity (Wildman–Crippen MR) is 87.3 cm³/mol. The molecule has 20 heavy (non-hydrogen) atoms. The van der Waals surface area contributed by atoms with Crippen LogP contribution in [-0.4, -0.2) is 31.2 Å². The Balaban J connectivity index is 2.00. The van der Waals surface area contributed by atoms with Gasteiger partial charge in [0.05, 0.1) is 11.9 Å². The molecule has 0 radical (unpaired) electrons. The Labute approximate surface area is 126 Å².